The molecule has 1 aromatic heterocycles. The molecule has 1 heterocycles. The van der Waals surface area contributed by atoms with Gasteiger partial charge in [0, 0.05) is 23.9 Å². The highest BCUT2D eigenvalue weighted by Gasteiger charge is 2.34. The molecule has 6 rings (SSSR count). The summed E-state index contributed by atoms with van der Waals surface area (Å²) in [5.41, 5.74) is 3.49. The predicted octanol–water partition coefficient (Wildman–Crippen LogP) is 8.18. The maximum absolute atomic E-state index is 14.5. The Balaban J connectivity index is 1.30. The van der Waals surface area contributed by atoms with Crippen LogP contribution in [0.25, 0.3) is 22.0 Å². The second kappa shape index (κ2) is 13.3. The van der Waals surface area contributed by atoms with Crippen LogP contribution < -0.4 is 10.1 Å². The number of nitrogens with zero attached hydrogens (tertiary/aromatic N) is 1. The maximum Gasteiger partial charge on any atom is 0.419 e. The minimum atomic E-state index is -2.44. The SMILES string of the molecule is CC(C)(C)OC(=O)n1cc(C[C@H](NC(=O)OCC2c3ccccc3-c3ccccc32)C(=O)Oc2c(F)c(F)c(F)c(F)c2F)c2ccccc21. The Morgan fingerprint density at radius 1 is 0.780 bits per heavy atom. The van der Waals surface area contributed by atoms with Crippen LogP contribution in [0.1, 0.15) is 43.4 Å². The van der Waals surface area contributed by atoms with E-state index in [9.17, 15) is 36.3 Å². The van der Waals surface area contributed by atoms with Gasteiger partial charge in [0.2, 0.25) is 34.8 Å². The van der Waals surface area contributed by atoms with Gasteiger partial charge in [0.05, 0.1) is 5.52 Å². The topological polar surface area (TPSA) is 95.9 Å². The third-order valence-corrected chi connectivity index (χ3v) is 8.10. The number of halogens is 5. The number of fused-ring (bicyclic) bond motifs is 4. The number of esters is 1. The van der Waals surface area contributed by atoms with Crippen molar-refractivity contribution in [2.75, 3.05) is 6.61 Å². The first-order chi connectivity index (χ1) is 23.7. The number of ether oxygens (including phenoxy) is 3. The predicted molar refractivity (Wildman–Crippen MR) is 171 cm³/mol. The summed E-state index contributed by atoms with van der Waals surface area (Å²) < 4.78 is 87.6. The molecule has 8 nitrogen and oxygen atoms in total. The van der Waals surface area contributed by atoms with Gasteiger partial charge in [0.1, 0.15) is 18.2 Å². The monoisotopic (exact) mass is 692 g/mol. The lowest BCUT2D eigenvalue weighted by molar-refractivity contribution is -0.137. The maximum atomic E-state index is 14.5. The Bertz CT molecular complexity index is 2080. The van der Waals surface area contributed by atoms with E-state index < -0.39 is 71.1 Å². The van der Waals surface area contributed by atoms with Crippen LogP contribution in [-0.4, -0.2) is 41.0 Å². The number of amides is 1. The summed E-state index contributed by atoms with van der Waals surface area (Å²) in [7, 11) is 0. The van der Waals surface area contributed by atoms with Crippen LogP contribution in [0.3, 0.4) is 0 Å². The molecule has 0 saturated carbocycles. The zero-order valence-electron chi connectivity index (χ0n) is 26.9. The molecule has 258 valence electrons. The van der Waals surface area contributed by atoms with Gasteiger partial charge in [0.25, 0.3) is 0 Å². The normalized spacial score (nSPS) is 13.0. The van der Waals surface area contributed by atoms with Crippen molar-refractivity contribution in [3.05, 3.63) is 125 Å². The van der Waals surface area contributed by atoms with Gasteiger partial charge in [-0.2, -0.15) is 8.78 Å². The first-order valence-corrected chi connectivity index (χ1v) is 15.4. The van der Waals surface area contributed by atoms with Crippen molar-refractivity contribution in [3.63, 3.8) is 0 Å². The molecule has 0 saturated heterocycles. The molecule has 13 heteroatoms. The first-order valence-electron chi connectivity index (χ1n) is 15.4. The minimum absolute atomic E-state index is 0.169. The van der Waals surface area contributed by atoms with Gasteiger partial charge in [-0.25, -0.2) is 27.6 Å². The number of benzene rings is 4. The van der Waals surface area contributed by atoms with Crippen LogP contribution in [0.15, 0.2) is 79.0 Å². The smallest absolute Gasteiger partial charge is 0.419 e. The molecule has 1 amide bonds. The van der Waals surface area contributed by atoms with Gasteiger partial charge in [0.15, 0.2) is 0 Å². The highest BCUT2D eigenvalue weighted by molar-refractivity contribution is 5.93. The fraction of sp³-hybridized carbons (Fsp3) is 0.216. The second-order valence-corrected chi connectivity index (χ2v) is 12.6. The standard InChI is InChI=1S/C37H29F5N2O6/c1-37(2,3)50-36(47)44-17-19(20-10-8-9-15-27(20)44)16-26(34(45)49-33-31(41)29(39)28(38)30(40)32(33)42)43-35(46)48-18-25-23-13-6-4-11-21(23)22-12-5-7-14-24(22)25/h4-15,17,25-26H,16,18H2,1-3H3,(H,43,46)/t26-/m0/s1. The van der Waals surface area contributed by atoms with Crippen molar-refractivity contribution < 1.29 is 50.5 Å². The lowest BCUT2D eigenvalue weighted by atomic mass is 9.98. The highest BCUT2D eigenvalue weighted by atomic mass is 19.2. The number of aromatic nitrogens is 1. The number of para-hydroxylation sites is 1. The minimum Gasteiger partial charge on any atom is -0.449 e. The number of nitrogens with one attached hydrogen (secondary N) is 1. The average molecular weight is 693 g/mol. The van der Waals surface area contributed by atoms with Crippen LogP contribution in [0.2, 0.25) is 0 Å². The molecule has 0 radical (unpaired) electrons. The van der Waals surface area contributed by atoms with Crippen molar-refractivity contribution in [2.24, 2.45) is 0 Å². The fourth-order valence-electron chi connectivity index (χ4n) is 5.92. The van der Waals surface area contributed by atoms with Crippen LogP contribution in [-0.2, 0) is 20.7 Å². The van der Waals surface area contributed by atoms with Gasteiger partial charge in [-0.05, 0) is 54.7 Å². The molecule has 50 heavy (non-hydrogen) atoms. The van der Waals surface area contributed by atoms with Gasteiger partial charge in [-0.1, -0.05) is 66.7 Å². The Morgan fingerprint density at radius 3 is 1.92 bits per heavy atom. The van der Waals surface area contributed by atoms with E-state index in [-0.39, 0.29) is 18.1 Å². The van der Waals surface area contributed by atoms with E-state index in [1.165, 1.54) is 10.8 Å². The number of hydrogen-bond acceptors (Lipinski definition) is 6. The van der Waals surface area contributed by atoms with Crippen molar-refractivity contribution >= 4 is 29.1 Å². The molecule has 0 fully saturated rings. The molecular weight excluding hydrogens is 663 g/mol. The van der Waals surface area contributed by atoms with Crippen LogP contribution in [0, 0.1) is 29.1 Å². The molecule has 5 aromatic rings. The Hall–Kier alpha value is -5.72. The number of alkyl carbamates (subject to hydrolysis) is 1. The van der Waals surface area contributed by atoms with Gasteiger partial charge in [-0.15, -0.1) is 0 Å². The zero-order valence-corrected chi connectivity index (χ0v) is 26.9. The number of carbonyl (C=O) groups excluding carboxylic acids is 3. The summed E-state index contributed by atoms with van der Waals surface area (Å²) in [6, 6.07) is 19.8. The summed E-state index contributed by atoms with van der Waals surface area (Å²) >= 11 is 0. The lowest BCUT2D eigenvalue weighted by Gasteiger charge is -2.20. The molecule has 0 unspecified atom stereocenters. The van der Waals surface area contributed by atoms with Crippen LogP contribution in [0.4, 0.5) is 31.5 Å². The molecule has 1 N–H and O–H groups in total. The quantitative estimate of drug-likeness (QED) is 0.0608. The van der Waals surface area contributed by atoms with Crippen LogP contribution in [0.5, 0.6) is 5.75 Å². The van der Waals surface area contributed by atoms with Gasteiger partial charge in [-0.3, -0.25) is 4.57 Å². The lowest BCUT2D eigenvalue weighted by Crippen LogP contribution is -2.45. The summed E-state index contributed by atoms with van der Waals surface area (Å²) in [4.78, 5) is 39.8. The number of hydrogen-bond donors (Lipinski definition) is 1. The van der Waals surface area contributed by atoms with Crippen molar-refractivity contribution in [1.82, 2.24) is 9.88 Å². The summed E-state index contributed by atoms with van der Waals surface area (Å²) in [6.45, 7) is 4.83. The summed E-state index contributed by atoms with van der Waals surface area (Å²) in [6.07, 6.45) is -1.02. The van der Waals surface area contributed by atoms with E-state index in [4.69, 9.17) is 14.2 Å². The largest absolute Gasteiger partial charge is 0.449 e. The molecule has 1 aliphatic rings. The van der Waals surface area contributed by atoms with E-state index >= 15 is 0 Å². The Kier molecular flexibility index (Phi) is 9.08. The fourth-order valence-corrected chi connectivity index (χ4v) is 5.92. The molecule has 0 aliphatic heterocycles. The molecular formula is C37H29F5N2O6. The Labute approximate surface area is 282 Å². The summed E-state index contributed by atoms with van der Waals surface area (Å²) in [5.74, 6) is -15.6. The highest BCUT2D eigenvalue weighted by Crippen LogP contribution is 2.44. The molecule has 4 aromatic carbocycles. The average Bonchev–Trinajstić information content (AvgIpc) is 3.62. The van der Waals surface area contributed by atoms with E-state index in [1.807, 2.05) is 48.5 Å². The van der Waals surface area contributed by atoms with E-state index in [0.29, 0.717) is 10.9 Å². The number of rotatable bonds is 7. The van der Waals surface area contributed by atoms with Crippen LogP contribution >= 0.6 is 0 Å². The van der Waals surface area contributed by atoms with E-state index in [2.05, 4.69) is 5.32 Å². The van der Waals surface area contributed by atoms with Crippen molar-refractivity contribution in [1.29, 1.82) is 0 Å². The molecule has 0 spiro atoms. The number of carbonyl (C=O) groups is 3. The van der Waals surface area contributed by atoms with Gasteiger partial charge < -0.3 is 19.5 Å². The van der Waals surface area contributed by atoms with Crippen molar-refractivity contribution in [3.8, 4) is 16.9 Å². The van der Waals surface area contributed by atoms with E-state index in [1.54, 1.807) is 45.0 Å². The zero-order chi connectivity index (χ0) is 35.9. The third kappa shape index (κ3) is 6.50. The van der Waals surface area contributed by atoms with Crippen molar-refractivity contribution in [2.45, 2.75) is 44.8 Å². The third-order valence-electron chi connectivity index (χ3n) is 8.10. The Morgan fingerprint density at radius 2 is 1.32 bits per heavy atom. The second-order valence-electron chi connectivity index (χ2n) is 12.6. The molecule has 1 aliphatic carbocycles. The molecule has 0 bridgehead atoms. The first kappa shape index (κ1) is 34.2. The van der Waals surface area contributed by atoms with Gasteiger partial charge >= 0.3 is 18.2 Å². The van der Waals surface area contributed by atoms with E-state index in [0.717, 1.165) is 22.3 Å². The molecule has 1 atom stereocenters. The summed E-state index contributed by atoms with van der Waals surface area (Å²) in [5, 5.41) is 2.74.